The first kappa shape index (κ1) is 25.2. The Hall–Kier alpha value is -3.89. The standard InChI is InChI=1S/C26H30N6O3S/c1-4-29-14-19-24(16(2)31-32(19)3)30-26(33)34-15-21(17-9-6-5-7-10-17)35-20-11-8-12-22-18(20)13-23(36-22)25(27)28/h5-13,21,29H,4,14-15H2,1-3H3,(H3,27,28)(H,30,33). The van der Waals surface area contributed by atoms with Crippen molar-refractivity contribution < 1.29 is 14.3 Å². The fraction of sp³-hybridized carbons (Fsp3) is 0.269. The van der Waals surface area contributed by atoms with Crippen LogP contribution in [0.1, 0.15) is 34.9 Å². The van der Waals surface area contributed by atoms with Gasteiger partial charge in [-0.3, -0.25) is 15.4 Å². The normalized spacial score (nSPS) is 11.9. The van der Waals surface area contributed by atoms with Crippen molar-refractivity contribution in [2.45, 2.75) is 26.5 Å². The molecule has 4 aromatic rings. The molecule has 10 heteroatoms. The lowest BCUT2D eigenvalue weighted by molar-refractivity contribution is 0.0910. The van der Waals surface area contributed by atoms with Crippen LogP contribution in [0.4, 0.5) is 10.5 Å². The molecule has 0 bridgehead atoms. The van der Waals surface area contributed by atoms with Crippen LogP contribution in [0.2, 0.25) is 0 Å². The SMILES string of the molecule is CCNCc1c(NC(=O)OCC(Oc2cccc3sc(C(=N)N)cc23)c2ccccc2)c(C)nn1C. The second kappa shape index (κ2) is 11.2. The number of anilines is 1. The van der Waals surface area contributed by atoms with E-state index < -0.39 is 12.2 Å². The van der Waals surface area contributed by atoms with Gasteiger partial charge in [0.25, 0.3) is 0 Å². The van der Waals surface area contributed by atoms with E-state index in [1.807, 2.05) is 75.5 Å². The lowest BCUT2D eigenvalue weighted by atomic mass is 10.1. The number of fused-ring (bicyclic) bond motifs is 1. The van der Waals surface area contributed by atoms with Crippen LogP contribution in [-0.4, -0.2) is 34.9 Å². The molecule has 1 unspecified atom stereocenters. The highest BCUT2D eigenvalue weighted by Gasteiger charge is 2.21. The Kier molecular flexibility index (Phi) is 7.87. The molecule has 36 heavy (non-hydrogen) atoms. The number of carbonyl (C=O) groups is 1. The number of thiophene rings is 1. The maximum Gasteiger partial charge on any atom is 0.411 e. The zero-order valence-electron chi connectivity index (χ0n) is 20.5. The summed E-state index contributed by atoms with van der Waals surface area (Å²) in [6, 6.07) is 17.2. The van der Waals surface area contributed by atoms with Crippen LogP contribution < -0.4 is 21.1 Å². The molecule has 0 spiro atoms. The number of nitrogens with one attached hydrogen (secondary N) is 3. The quantitative estimate of drug-likeness (QED) is 0.182. The number of nitrogens with zero attached hydrogens (tertiary/aromatic N) is 2. The monoisotopic (exact) mass is 506 g/mol. The van der Waals surface area contributed by atoms with Gasteiger partial charge in [-0.05, 0) is 37.2 Å². The van der Waals surface area contributed by atoms with Crippen LogP contribution in [0.5, 0.6) is 5.75 Å². The van der Waals surface area contributed by atoms with E-state index in [1.165, 1.54) is 11.3 Å². The molecule has 1 amide bonds. The molecule has 4 rings (SSSR count). The number of carbonyl (C=O) groups excluding carboxylic acids is 1. The number of nitrogens with two attached hydrogens (primary N) is 1. The predicted molar refractivity (Wildman–Crippen MR) is 143 cm³/mol. The van der Waals surface area contributed by atoms with Crippen LogP contribution in [0.3, 0.4) is 0 Å². The van der Waals surface area contributed by atoms with Gasteiger partial charge in [-0.2, -0.15) is 5.10 Å². The molecule has 9 nitrogen and oxygen atoms in total. The predicted octanol–water partition coefficient (Wildman–Crippen LogP) is 4.71. The number of aromatic nitrogens is 2. The highest BCUT2D eigenvalue weighted by Crippen LogP contribution is 2.35. The topological polar surface area (TPSA) is 127 Å². The van der Waals surface area contributed by atoms with Gasteiger partial charge in [0, 0.05) is 23.7 Å². The minimum Gasteiger partial charge on any atom is -0.481 e. The second-order valence-corrected chi connectivity index (χ2v) is 9.33. The number of benzene rings is 2. The number of aryl methyl sites for hydroxylation is 2. The van der Waals surface area contributed by atoms with E-state index in [4.69, 9.17) is 20.6 Å². The summed E-state index contributed by atoms with van der Waals surface area (Å²) in [5.41, 5.74) is 8.78. The van der Waals surface area contributed by atoms with Crippen molar-refractivity contribution in [3.8, 4) is 5.75 Å². The van der Waals surface area contributed by atoms with Crippen LogP contribution >= 0.6 is 11.3 Å². The van der Waals surface area contributed by atoms with E-state index in [2.05, 4.69) is 15.7 Å². The smallest absolute Gasteiger partial charge is 0.411 e. The number of hydrogen-bond donors (Lipinski definition) is 4. The number of amidine groups is 1. The van der Waals surface area contributed by atoms with Gasteiger partial charge in [-0.1, -0.05) is 43.3 Å². The first-order chi connectivity index (χ1) is 17.4. The van der Waals surface area contributed by atoms with E-state index in [-0.39, 0.29) is 12.4 Å². The molecule has 2 aromatic carbocycles. The number of amides is 1. The van der Waals surface area contributed by atoms with Crippen LogP contribution in [0, 0.1) is 12.3 Å². The van der Waals surface area contributed by atoms with Gasteiger partial charge in [0.05, 0.1) is 22.0 Å². The molecule has 0 saturated heterocycles. The Morgan fingerprint density at radius 3 is 2.72 bits per heavy atom. The van der Waals surface area contributed by atoms with Gasteiger partial charge in [-0.25, -0.2) is 4.79 Å². The summed E-state index contributed by atoms with van der Waals surface area (Å²) in [4.78, 5) is 13.5. The second-order valence-electron chi connectivity index (χ2n) is 8.24. The molecule has 0 aliphatic rings. The highest BCUT2D eigenvalue weighted by atomic mass is 32.1. The Labute approximate surface area is 213 Å². The number of ether oxygens (including phenoxy) is 2. The van der Waals surface area contributed by atoms with Crippen molar-refractivity contribution in [3.05, 3.63) is 76.4 Å². The van der Waals surface area contributed by atoms with Crippen LogP contribution in [-0.2, 0) is 18.3 Å². The third-order valence-corrected chi connectivity index (χ3v) is 6.84. The van der Waals surface area contributed by atoms with Gasteiger partial charge in [0.15, 0.2) is 6.10 Å². The maximum absolute atomic E-state index is 12.8. The molecule has 0 aliphatic carbocycles. The molecule has 2 aromatic heterocycles. The van der Waals surface area contributed by atoms with E-state index in [0.29, 0.717) is 28.6 Å². The average molecular weight is 507 g/mol. The van der Waals surface area contributed by atoms with Crippen molar-refractivity contribution in [3.63, 3.8) is 0 Å². The molecule has 188 valence electrons. The third kappa shape index (κ3) is 5.67. The number of rotatable bonds is 10. The molecule has 0 aliphatic heterocycles. The van der Waals surface area contributed by atoms with Gasteiger partial charge in [0.1, 0.15) is 18.2 Å². The summed E-state index contributed by atoms with van der Waals surface area (Å²) < 4.78 is 14.7. The van der Waals surface area contributed by atoms with Gasteiger partial charge >= 0.3 is 6.09 Å². The van der Waals surface area contributed by atoms with Crippen LogP contribution in [0.25, 0.3) is 10.1 Å². The molecule has 0 radical (unpaired) electrons. The molecule has 2 heterocycles. The Morgan fingerprint density at radius 2 is 2.00 bits per heavy atom. The summed E-state index contributed by atoms with van der Waals surface area (Å²) in [7, 11) is 1.85. The summed E-state index contributed by atoms with van der Waals surface area (Å²) in [6.45, 7) is 5.24. The highest BCUT2D eigenvalue weighted by molar-refractivity contribution is 7.20. The van der Waals surface area contributed by atoms with Crippen molar-refractivity contribution in [2.75, 3.05) is 18.5 Å². The number of nitrogen functional groups attached to an aromatic ring is 1. The van der Waals surface area contributed by atoms with Crippen molar-refractivity contribution >= 4 is 39.0 Å². The minimum absolute atomic E-state index is 0.00219. The van der Waals surface area contributed by atoms with E-state index >= 15 is 0 Å². The molecule has 0 saturated carbocycles. The summed E-state index contributed by atoms with van der Waals surface area (Å²) >= 11 is 1.43. The first-order valence-corrected chi connectivity index (χ1v) is 12.4. The molecule has 0 fully saturated rings. The van der Waals surface area contributed by atoms with Crippen molar-refractivity contribution in [1.82, 2.24) is 15.1 Å². The number of hydrogen-bond acceptors (Lipinski definition) is 7. The third-order valence-electron chi connectivity index (χ3n) is 5.70. The fourth-order valence-electron chi connectivity index (χ4n) is 3.89. The lowest BCUT2D eigenvalue weighted by Gasteiger charge is -2.20. The summed E-state index contributed by atoms with van der Waals surface area (Å²) in [5.74, 6) is 0.645. The molecular weight excluding hydrogens is 476 g/mol. The average Bonchev–Trinajstić information content (AvgIpc) is 3.42. The molecule has 5 N–H and O–H groups in total. The summed E-state index contributed by atoms with van der Waals surface area (Å²) in [5, 5.41) is 19.1. The molecule has 1 atom stereocenters. The van der Waals surface area contributed by atoms with E-state index in [1.54, 1.807) is 4.68 Å². The Morgan fingerprint density at radius 1 is 1.22 bits per heavy atom. The maximum atomic E-state index is 12.8. The molecular formula is C26H30N6O3S. The zero-order valence-corrected chi connectivity index (χ0v) is 21.3. The largest absolute Gasteiger partial charge is 0.481 e. The van der Waals surface area contributed by atoms with Gasteiger partial charge in [0.2, 0.25) is 0 Å². The van der Waals surface area contributed by atoms with E-state index in [9.17, 15) is 4.79 Å². The fourth-order valence-corrected chi connectivity index (χ4v) is 4.83. The van der Waals surface area contributed by atoms with Gasteiger partial charge in [-0.15, -0.1) is 11.3 Å². The first-order valence-electron chi connectivity index (χ1n) is 11.6. The van der Waals surface area contributed by atoms with Crippen molar-refractivity contribution in [2.24, 2.45) is 12.8 Å². The lowest BCUT2D eigenvalue weighted by Crippen LogP contribution is -2.22. The van der Waals surface area contributed by atoms with E-state index in [0.717, 1.165) is 27.9 Å². The Bertz CT molecular complexity index is 1370. The van der Waals surface area contributed by atoms with Gasteiger partial charge < -0.3 is 20.5 Å². The Balaban J connectivity index is 1.53. The van der Waals surface area contributed by atoms with Crippen molar-refractivity contribution in [1.29, 1.82) is 5.41 Å². The van der Waals surface area contributed by atoms with Crippen LogP contribution in [0.15, 0.2) is 54.6 Å². The zero-order chi connectivity index (χ0) is 25.7. The minimum atomic E-state index is -0.582. The summed E-state index contributed by atoms with van der Waals surface area (Å²) in [6.07, 6.45) is -1.12.